The summed E-state index contributed by atoms with van der Waals surface area (Å²) in [5, 5.41) is 4.92. The number of hydrogen-bond donors (Lipinski definition) is 2. The van der Waals surface area contributed by atoms with Gasteiger partial charge in [0.25, 0.3) is 0 Å². The third kappa shape index (κ3) is 4.29. The van der Waals surface area contributed by atoms with Crippen LogP contribution in [0.1, 0.15) is 39.5 Å². The molecule has 1 saturated carbocycles. The summed E-state index contributed by atoms with van der Waals surface area (Å²) in [6, 6.07) is -2.72. The van der Waals surface area contributed by atoms with Gasteiger partial charge in [0.05, 0.1) is 6.04 Å². The number of nitrogens with one attached hydrogen (secondary N) is 2. The topological polar surface area (TPSA) is 61.4 Å². The third-order valence-corrected chi connectivity index (χ3v) is 4.84. The molecule has 8 heteroatoms. The van der Waals surface area contributed by atoms with E-state index in [-0.39, 0.29) is 31.0 Å². The first-order valence-electron chi connectivity index (χ1n) is 8.14. The molecule has 2 aliphatic rings. The third-order valence-electron chi connectivity index (χ3n) is 4.84. The highest BCUT2D eigenvalue weighted by Gasteiger charge is 2.45. The number of carbonyl (C=O) groups excluding carboxylic acids is 2. The average Bonchev–Trinajstić information content (AvgIpc) is 2.35. The number of halogens is 3. The Balaban J connectivity index is 1.77. The van der Waals surface area contributed by atoms with Crippen LogP contribution in [0.15, 0.2) is 0 Å². The van der Waals surface area contributed by atoms with Crippen LogP contribution in [0, 0.1) is 11.8 Å². The maximum Gasteiger partial charge on any atom is 0.408 e. The quantitative estimate of drug-likeness (QED) is 0.810. The van der Waals surface area contributed by atoms with Crippen molar-refractivity contribution in [3.8, 4) is 0 Å². The van der Waals surface area contributed by atoms with Crippen molar-refractivity contribution in [2.75, 3.05) is 13.1 Å². The summed E-state index contributed by atoms with van der Waals surface area (Å²) in [5.41, 5.74) is 0. The van der Waals surface area contributed by atoms with Gasteiger partial charge in [0.2, 0.25) is 5.91 Å². The molecule has 2 rings (SSSR count). The highest BCUT2D eigenvalue weighted by Crippen LogP contribution is 2.28. The molecule has 5 nitrogen and oxygen atoms in total. The predicted molar refractivity (Wildman–Crippen MR) is 78.7 cm³/mol. The van der Waals surface area contributed by atoms with Crippen LogP contribution < -0.4 is 10.6 Å². The van der Waals surface area contributed by atoms with Crippen molar-refractivity contribution in [1.82, 2.24) is 15.5 Å². The molecule has 0 spiro atoms. The van der Waals surface area contributed by atoms with Gasteiger partial charge in [-0.3, -0.25) is 4.79 Å². The molecule has 0 aromatic heterocycles. The first kappa shape index (κ1) is 17.9. The minimum absolute atomic E-state index is 0.00548. The van der Waals surface area contributed by atoms with E-state index < -0.39 is 24.2 Å². The van der Waals surface area contributed by atoms with E-state index in [9.17, 15) is 22.8 Å². The van der Waals surface area contributed by atoms with E-state index in [2.05, 4.69) is 10.6 Å². The molecular formula is C15H24F3N3O2. The maximum atomic E-state index is 13.0. The molecule has 1 saturated heterocycles. The van der Waals surface area contributed by atoms with Crippen molar-refractivity contribution >= 4 is 11.9 Å². The number of carbonyl (C=O) groups is 2. The number of hydrogen-bond acceptors (Lipinski definition) is 2. The molecule has 0 radical (unpaired) electrons. The van der Waals surface area contributed by atoms with E-state index in [1.165, 1.54) is 11.8 Å². The predicted octanol–water partition coefficient (Wildman–Crippen LogP) is 2.27. The Kier molecular flexibility index (Phi) is 5.41. The zero-order valence-electron chi connectivity index (χ0n) is 13.4. The Hall–Kier alpha value is -1.47. The molecular weight excluding hydrogens is 311 g/mol. The van der Waals surface area contributed by atoms with Gasteiger partial charge in [-0.25, -0.2) is 4.79 Å². The van der Waals surface area contributed by atoms with Gasteiger partial charge in [-0.1, -0.05) is 26.7 Å². The summed E-state index contributed by atoms with van der Waals surface area (Å²) < 4.78 is 39.0. The standard InChI is InChI=1S/C15H24F3N3O2/c1-3-9(2)12(15(16,17)18)20-14(23)21-7-11(8-21)19-13(22)10-5-4-6-10/h9-12H,3-8H2,1-2H3,(H,19,22)(H,20,23)/t9-,12-/m1/s1. The molecule has 2 fully saturated rings. The van der Waals surface area contributed by atoms with Crippen molar-refractivity contribution in [2.45, 2.75) is 57.8 Å². The number of alkyl halides is 3. The van der Waals surface area contributed by atoms with Crippen molar-refractivity contribution in [1.29, 1.82) is 0 Å². The minimum Gasteiger partial charge on any atom is -0.350 e. The lowest BCUT2D eigenvalue weighted by atomic mass is 9.84. The van der Waals surface area contributed by atoms with E-state index in [1.54, 1.807) is 6.92 Å². The number of amides is 3. The average molecular weight is 335 g/mol. The zero-order chi connectivity index (χ0) is 17.2. The Bertz CT molecular complexity index is 446. The molecule has 2 atom stereocenters. The van der Waals surface area contributed by atoms with Crippen LogP contribution in [0.3, 0.4) is 0 Å². The molecule has 3 amide bonds. The molecule has 0 unspecified atom stereocenters. The monoisotopic (exact) mass is 335 g/mol. The fraction of sp³-hybridized carbons (Fsp3) is 0.867. The second kappa shape index (κ2) is 6.97. The van der Waals surface area contributed by atoms with Crippen molar-refractivity contribution in [2.24, 2.45) is 11.8 Å². The summed E-state index contributed by atoms with van der Waals surface area (Å²) in [4.78, 5) is 25.0. The van der Waals surface area contributed by atoms with E-state index in [4.69, 9.17) is 0 Å². The summed E-state index contributed by atoms with van der Waals surface area (Å²) in [6.45, 7) is 3.64. The van der Waals surface area contributed by atoms with Crippen molar-refractivity contribution in [3.05, 3.63) is 0 Å². The molecule has 1 aliphatic carbocycles. The molecule has 23 heavy (non-hydrogen) atoms. The Morgan fingerprint density at radius 2 is 1.87 bits per heavy atom. The molecule has 1 aliphatic heterocycles. The fourth-order valence-corrected chi connectivity index (χ4v) is 2.73. The second-order valence-corrected chi connectivity index (χ2v) is 6.59. The first-order valence-corrected chi connectivity index (χ1v) is 8.14. The number of nitrogens with zero attached hydrogens (tertiary/aromatic N) is 1. The van der Waals surface area contributed by atoms with Gasteiger partial charge in [-0.15, -0.1) is 0 Å². The Labute approximate surface area is 134 Å². The molecule has 0 aromatic carbocycles. The summed E-state index contributed by atoms with van der Waals surface area (Å²) in [7, 11) is 0. The maximum absolute atomic E-state index is 13.0. The lowest BCUT2D eigenvalue weighted by Crippen LogP contribution is -2.65. The molecule has 0 bridgehead atoms. The zero-order valence-corrected chi connectivity index (χ0v) is 13.4. The van der Waals surface area contributed by atoms with Gasteiger partial charge in [-0.2, -0.15) is 13.2 Å². The van der Waals surface area contributed by atoms with E-state index >= 15 is 0 Å². The van der Waals surface area contributed by atoms with Crippen molar-refractivity contribution < 1.29 is 22.8 Å². The Morgan fingerprint density at radius 1 is 1.26 bits per heavy atom. The van der Waals surface area contributed by atoms with Crippen molar-refractivity contribution in [3.63, 3.8) is 0 Å². The number of rotatable bonds is 5. The van der Waals surface area contributed by atoms with E-state index in [0.29, 0.717) is 6.42 Å². The summed E-state index contributed by atoms with van der Waals surface area (Å²) in [6.07, 6.45) is -1.29. The van der Waals surface area contributed by atoms with E-state index in [0.717, 1.165) is 19.3 Å². The minimum atomic E-state index is -4.46. The Morgan fingerprint density at radius 3 is 2.30 bits per heavy atom. The van der Waals surface area contributed by atoms with Crippen LogP contribution in [0.2, 0.25) is 0 Å². The van der Waals surface area contributed by atoms with Crippen LogP contribution in [-0.4, -0.2) is 48.2 Å². The molecule has 2 N–H and O–H groups in total. The molecule has 132 valence electrons. The van der Waals surface area contributed by atoms with Gasteiger partial charge in [0.15, 0.2) is 0 Å². The normalized spacial score (nSPS) is 21.9. The largest absolute Gasteiger partial charge is 0.408 e. The summed E-state index contributed by atoms with van der Waals surface area (Å²) in [5.74, 6) is -0.624. The lowest BCUT2D eigenvalue weighted by Gasteiger charge is -2.41. The highest BCUT2D eigenvalue weighted by atomic mass is 19.4. The highest BCUT2D eigenvalue weighted by molar-refractivity contribution is 5.80. The van der Waals surface area contributed by atoms with Gasteiger partial charge in [0.1, 0.15) is 6.04 Å². The van der Waals surface area contributed by atoms with Crippen LogP contribution in [0.5, 0.6) is 0 Å². The smallest absolute Gasteiger partial charge is 0.350 e. The number of urea groups is 1. The van der Waals surface area contributed by atoms with Crippen LogP contribution in [0.25, 0.3) is 0 Å². The summed E-state index contributed by atoms with van der Waals surface area (Å²) >= 11 is 0. The van der Waals surface area contributed by atoms with Crippen LogP contribution in [-0.2, 0) is 4.79 Å². The van der Waals surface area contributed by atoms with Gasteiger partial charge in [0, 0.05) is 19.0 Å². The van der Waals surface area contributed by atoms with E-state index in [1.807, 2.05) is 0 Å². The van der Waals surface area contributed by atoms with Gasteiger partial charge < -0.3 is 15.5 Å². The van der Waals surface area contributed by atoms with Crippen LogP contribution >= 0.6 is 0 Å². The lowest BCUT2D eigenvalue weighted by molar-refractivity contribution is -0.164. The van der Waals surface area contributed by atoms with Crippen LogP contribution in [0.4, 0.5) is 18.0 Å². The van der Waals surface area contributed by atoms with Gasteiger partial charge >= 0.3 is 12.2 Å². The molecule has 1 heterocycles. The second-order valence-electron chi connectivity index (χ2n) is 6.59. The SMILES string of the molecule is CC[C@@H](C)[C@@H](NC(=O)N1CC(NC(=O)C2CCC2)C1)C(F)(F)F. The first-order chi connectivity index (χ1) is 10.7. The fourth-order valence-electron chi connectivity index (χ4n) is 2.73. The molecule has 0 aromatic rings. The number of likely N-dealkylation sites (tertiary alicyclic amines) is 1. The van der Waals surface area contributed by atoms with Gasteiger partial charge in [-0.05, 0) is 18.8 Å².